The van der Waals surface area contributed by atoms with Gasteiger partial charge in [0.2, 0.25) is 0 Å². The Morgan fingerprint density at radius 3 is 2.73 bits per heavy atom. The zero-order valence-corrected chi connectivity index (χ0v) is 9.05. The Balaban J connectivity index is 3.06. The van der Waals surface area contributed by atoms with Crippen molar-refractivity contribution in [3.63, 3.8) is 0 Å². The fourth-order valence-corrected chi connectivity index (χ4v) is 1.25. The lowest BCUT2D eigenvalue weighted by atomic mass is 10.1. The summed E-state index contributed by atoms with van der Waals surface area (Å²) in [6.45, 7) is 1.70. The molecule has 0 aliphatic rings. The number of carbonyl (C=O) groups is 1. The van der Waals surface area contributed by atoms with Gasteiger partial charge in [-0.1, -0.05) is 17.5 Å². The molecule has 0 spiro atoms. The van der Waals surface area contributed by atoms with E-state index in [1.165, 1.54) is 13.2 Å². The standard InChI is InChI=1S/C11H9ClO3/c1-7-5-8(3-4-10(13)15-2)6-9(12)11(7)14/h5-6,14H,1-2H3. The van der Waals surface area contributed by atoms with Crippen LogP contribution >= 0.6 is 11.6 Å². The smallest absolute Gasteiger partial charge is 0.384 e. The van der Waals surface area contributed by atoms with Crippen molar-refractivity contribution >= 4 is 17.6 Å². The Labute approximate surface area is 92.6 Å². The van der Waals surface area contributed by atoms with E-state index in [1.54, 1.807) is 13.0 Å². The maximum absolute atomic E-state index is 10.7. The van der Waals surface area contributed by atoms with Gasteiger partial charge in [0.05, 0.1) is 12.1 Å². The lowest BCUT2D eigenvalue weighted by Gasteiger charge is -2.01. The van der Waals surface area contributed by atoms with E-state index in [-0.39, 0.29) is 10.8 Å². The van der Waals surface area contributed by atoms with Crippen molar-refractivity contribution in [2.45, 2.75) is 6.92 Å². The molecule has 78 valence electrons. The minimum absolute atomic E-state index is 0.0280. The number of esters is 1. The second-order valence-corrected chi connectivity index (χ2v) is 3.27. The monoisotopic (exact) mass is 224 g/mol. The van der Waals surface area contributed by atoms with Crippen molar-refractivity contribution < 1.29 is 14.6 Å². The number of methoxy groups -OCH3 is 1. The van der Waals surface area contributed by atoms with Crippen LogP contribution in [0, 0.1) is 18.8 Å². The van der Waals surface area contributed by atoms with Gasteiger partial charge in [0.15, 0.2) is 0 Å². The van der Waals surface area contributed by atoms with Crippen LogP contribution in [-0.2, 0) is 9.53 Å². The van der Waals surface area contributed by atoms with Crippen molar-refractivity contribution in [2.75, 3.05) is 7.11 Å². The largest absolute Gasteiger partial charge is 0.506 e. The predicted molar refractivity (Wildman–Crippen MR) is 56.7 cm³/mol. The average Bonchev–Trinajstić information content (AvgIpc) is 2.22. The van der Waals surface area contributed by atoms with E-state index in [1.807, 2.05) is 0 Å². The van der Waals surface area contributed by atoms with Crippen molar-refractivity contribution in [1.82, 2.24) is 0 Å². The van der Waals surface area contributed by atoms with Crippen molar-refractivity contribution in [2.24, 2.45) is 0 Å². The molecule has 0 fully saturated rings. The summed E-state index contributed by atoms with van der Waals surface area (Å²) in [5.74, 6) is 4.27. The first-order chi connectivity index (χ1) is 7.04. The first-order valence-corrected chi connectivity index (χ1v) is 4.51. The lowest BCUT2D eigenvalue weighted by molar-refractivity contribution is -0.133. The zero-order valence-electron chi connectivity index (χ0n) is 8.30. The summed E-state index contributed by atoms with van der Waals surface area (Å²) in [4.78, 5) is 10.7. The Hall–Kier alpha value is -1.66. The van der Waals surface area contributed by atoms with Gasteiger partial charge in [0.25, 0.3) is 0 Å². The van der Waals surface area contributed by atoms with Crippen molar-refractivity contribution in [3.8, 4) is 17.6 Å². The van der Waals surface area contributed by atoms with E-state index >= 15 is 0 Å². The predicted octanol–water partition coefficient (Wildman–Crippen LogP) is 1.88. The molecule has 0 amide bonds. The first-order valence-electron chi connectivity index (χ1n) is 4.13. The van der Waals surface area contributed by atoms with Gasteiger partial charge < -0.3 is 9.84 Å². The van der Waals surface area contributed by atoms with Gasteiger partial charge >= 0.3 is 5.97 Å². The summed E-state index contributed by atoms with van der Waals surface area (Å²) >= 11 is 5.73. The van der Waals surface area contributed by atoms with E-state index in [4.69, 9.17) is 11.6 Å². The van der Waals surface area contributed by atoms with Crippen LogP contribution in [0.4, 0.5) is 0 Å². The Kier molecular flexibility index (Phi) is 3.59. The summed E-state index contributed by atoms with van der Waals surface area (Å²) < 4.78 is 4.36. The summed E-state index contributed by atoms with van der Waals surface area (Å²) in [5.41, 5.74) is 1.16. The number of carbonyl (C=O) groups excluding carboxylic acids is 1. The molecule has 1 N–H and O–H groups in total. The molecule has 0 aromatic heterocycles. The highest BCUT2D eigenvalue weighted by Gasteiger charge is 2.03. The van der Waals surface area contributed by atoms with Crippen LogP contribution < -0.4 is 0 Å². The fourth-order valence-electron chi connectivity index (χ4n) is 0.983. The summed E-state index contributed by atoms with van der Waals surface area (Å²) in [6, 6.07) is 3.12. The van der Waals surface area contributed by atoms with Gasteiger partial charge in [-0.2, -0.15) is 0 Å². The number of ether oxygens (including phenoxy) is 1. The first kappa shape index (κ1) is 11.4. The highest BCUT2D eigenvalue weighted by molar-refractivity contribution is 6.32. The fraction of sp³-hybridized carbons (Fsp3) is 0.182. The molecule has 0 radical (unpaired) electrons. The number of phenolic OH excluding ortho intramolecular Hbond substituents is 1. The lowest BCUT2D eigenvalue weighted by Crippen LogP contribution is -1.94. The molecule has 1 aromatic rings. The molecular weight excluding hydrogens is 216 g/mol. The number of hydrogen-bond donors (Lipinski definition) is 1. The number of aromatic hydroxyl groups is 1. The van der Waals surface area contributed by atoms with E-state index in [2.05, 4.69) is 16.6 Å². The number of halogens is 1. The summed E-state index contributed by atoms with van der Waals surface area (Å²) in [6.07, 6.45) is 0. The third-order valence-electron chi connectivity index (χ3n) is 1.75. The van der Waals surface area contributed by atoms with E-state index in [9.17, 15) is 9.90 Å². The molecule has 1 aromatic carbocycles. The Morgan fingerprint density at radius 2 is 2.20 bits per heavy atom. The van der Waals surface area contributed by atoms with Crippen LogP contribution in [0.3, 0.4) is 0 Å². The van der Waals surface area contributed by atoms with E-state index in [0.717, 1.165) is 0 Å². The molecule has 0 unspecified atom stereocenters. The Morgan fingerprint density at radius 1 is 1.53 bits per heavy atom. The molecule has 0 heterocycles. The zero-order chi connectivity index (χ0) is 11.4. The van der Waals surface area contributed by atoms with Crippen LogP contribution in [0.2, 0.25) is 5.02 Å². The van der Waals surface area contributed by atoms with Gasteiger partial charge in [0, 0.05) is 11.5 Å². The SMILES string of the molecule is COC(=O)C#Cc1cc(C)c(O)c(Cl)c1. The van der Waals surface area contributed by atoms with Gasteiger partial charge in [-0.15, -0.1) is 0 Å². The maximum atomic E-state index is 10.7. The number of phenols is 1. The van der Waals surface area contributed by atoms with Crippen molar-refractivity contribution in [3.05, 3.63) is 28.3 Å². The normalized spacial score (nSPS) is 9.00. The van der Waals surface area contributed by atoms with Crippen LogP contribution in [0.1, 0.15) is 11.1 Å². The second kappa shape index (κ2) is 4.72. The Bertz CT molecular complexity index is 432. The molecule has 0 saturated heterocycles. The number of aryl methyl sites for hydroxylation is 1. The maximum Gasteiger partial charge on any atom is 0.384 e. The summed E-state index contributed by atoms with van der Waals surface area (Å²) in [5, 5.41) is 9.59. The topological polar surface area (TPSA) is 46.5 Å². The third kappa shape index (κ3) is 2.90. The van der Waals surface area contributed by atoms with Gasteiger partial charge in [-0.05, 0) is 24.6 Å². The minimum atomic E-state index is -0.614. The van der Waals surface area contributed by atoms with Gasteiger partial charge in [-0.3, -0.25) is 0 Å². The average molecular weight is 225 g/mol. The number of hydrogen-bond acceptors (Lipinski definition) is 3. The van der Waals surface area contributed by atoms with Gasteiger partial charge in [-0.25, -0.2) is 4.79 Å². The molecule has 0 bridgehead atoms. The number of benzene rings is 1. The van der Waals surface area contributed by atoms with Crippen LogP contribution in [0.25, 0.3) is 0 Å². The molecule has 15 heavy (non-hydrogen) atoms. The highest BCUT2D eigenvalue weighted by atomic mass is 35.5. The van der Waals surface area contributed by atoms with Crippen molar-refractivity contribution in [1.29, 1.82) is 0 Å². The molecule has 0 atom stereocenters. The molecule has 0 aliphatic heterocycles. The third-order valence-corrected chi connectivity index (χ3v) is 2.04. The van der Waals surface area contributed by atoms with E-state index in [0.29, 0.717) is 11.1 Å². The molecule has 4 heteroatoms. The van der Waals surface area contributed by atoms with Gasteiger partial charge in [0.1, 0.15) is 5.75 Å². The molecular formula is C11H9ClO3. The molecule has 3 nitrogen and oxygen atoms in total. The van der Waals surface area contributed by atoms with Crippen LogP contribution in [0.5, 0.6) is 5.75 Å². The molecule has 1 rings (SSSR count). The summed E-state index contributed by atoms with van der Waals surface area (Å²) in [7, 11) is 1.26. The quantitative estimate of drug-likeness (QED) is 0.541. The number of rotatable bonds is 0. The second-order valence-electron chi connectivity index (χ2n) is 2.87. The molecule has 0 saturated carbocycles. The minimum Gasteiger partial charge on any atom is -0.506 e. The van der Waals surface area contributed by atoms with E-state index < -0.39 is 5.97 Å². The highest BCUT2D eigenvalue weighted by Crippen LogP contribution is 2.27. The van der Waals surface area contributed by atoms with Crippen LogP contribution in [0.15, 0.2) is 12.1 Å². The molecule has 0 aliphatic carbocycles. The van der Waals surface area contributed by atoms with Crippen LogP contribution in [-0.4, -0.2) is 18.2 Å².